The second-order valence-corrected chi connectivity index (χ2v) is 44.0. The third-order valence-electron chi connectivity index (χ3n) is 27.3. The fourth-order valence-electron chi connectivity index (χ4n) is 19.4. The van der Waals surface area contributed by atoms with Crippen molar-refractivity contribution in [2.24, 2.45) is 0 Å². The van der Waals surface area contributed by atoms with Gasteiger partial charge in [0.05, 0.1) is 0 Å². The Morgan fingerprint density at radius 2 is 0.191 bits per heavy atom. The molecule has 0 fully saturated rings. The molecule has 0 saturated heterocycles. The van der Waals surface area contributed by atoms with Crippen molar-refractivity contribution in [3.8, 4) is 0 Å². The van der Waals surface area contributed by atoms with E-state index in [-0.39, 0.29) is 0 Å². The van der Waals surface area contributed by atoms with Crippen LogP contribution in [0.15, 0.2) is 0 Å². The van der Waals surface area contributed by atoms with Crippen LogP contribution in [0.4, 0.5) is 0 Å². The summed E-state index contributed by atoms with van der Waals surface area (Å²) in [7, 11) is 0. The van der Waals surface area contributed by atoms with E-state index in [1.807, 2.05) is 0 Å². The van der Waals surface area contributed by atoms with Crippen LogP contribution in [0.5, 0.6) is 0 Å². The number of hydrogen-bond donors (Lipinski definition) is 0. The van der Waals surface area contributed by atoms with Gasteiger partial charge in [-0.2, -0.15) is 0 Å². The van der Waals surface area contributed by atoms with Gasteiger partial charge in [0, 0.05) is 0 Å². The third kappa shape index (κ3) is 85.1. The monoisotopic (exact) mass is 1650 g/mol. The number of unbranched alkanes of at least 4 members (excludes halogenated alkanes) is 90. The molecule has 0 aromatic rings. The molecular weight excluding hydrogens is 1430 g/mol. The van der Waals surface area contributed by atoms with Crippen molar-refractivity contribution in [3.63, 3.8) is 0 Å². The van der Waals surface area contributed by atoms with E-state index in [0.29, 0.717) is 0 Å². The van der Waals surface area contributed by atoms with Crippen LogP contribution >= 0.6 is 0 Å². The van der Waals surface area contributed by atoms with Gasteiger partial charge >= 0.3 is 469 Å². The van der Waals surface area contributed by atoms with Crippen molar-refractivity contribution < 1.29 is 21.1 Å². The topological polar surface area (TPSA) is 19.0 Å². The quantitative estimate of drug-likeness (QED) is 0.0446. The van der Waals surface area contributed by atoms with Gasteiger partial charge in [0.1, 0.15) is 0 Å². The van der Waals surface area contributed by atoms with Crippen molar-refractivity contribution in [3.05, 3.63) is 0 Å². The Balaban J connectivity index is 7.15. The first-order chi connectivity index (χ1) is 57.1. The van der Waals surface area contributed by atoms with Gasteiger partial charge in [0.15, 0.2) is 0 Å². The second-order valence-electron chi connectivity index (χ2n) is 38.8. The molecule has 115 heavy (non-hydrogen) atoms. The maximum atomic E-state index is 8.26. The number of rotatable bonds is 107. The third-order valence-corrected chi connectivity index (χ3v) is 34.3. The fourth-order valence-corrected chi connectivity index (χ4v) is 26.9. The van der Waals surface area contributed by atoms with Crippen LogP contribution in [0.1, 0.15) is 665 Å². The summed E-state index contributed by atoms with van der Waals surface area (Å²) in [6.07, 6.45) is 139. The van der Waals surface area contributed by atoms with Crippen LogP contribution in [0.2, 0.25) is 0 Å². The zero-order valence-electron chi connectivity index (χ0n) is 82.1. The Labute approximate surface area is 736 Å². The van der Waals surface area contributed by atoms with Crippen molar-refractivity contribution in [2.75, 3.05) is 45.9 Å². The summed E-state index contributed by atoms with van der Waals surface area (Å²) in [5, 5.41) is 0. The molecule has 0 aromatic carbocycles. The summed E-state index contributed by atoms with van der Waals surface area (Å²) >= 11 is -3.66. The zero-order valence-corrected chi connectivity index (χ0v) is 83.6. The van der Waals surface area contributed by atoms with Crippen LogP contribution in [0.25, 0.3) is 0 Å². The average molecular weight is 1660 g/mol. The van der Waals surface area contributed by atoms with Crippen molar-refractivity contribution in [2.45, 2.75) is 665 Å². The van der Waals surface area contributed by atoms with E-state index in [4.69, 9.17) is 3.32 Å². The molecule has 0 rings (SSSR count). The Bertz CT molecular complexity index is 1380. The molecule has 0 saturated carbocycles. The van der Waals surface area contributed by atoms with E-state index in [2.05, 4.69) is 58.6 Å². The Hall–Kier alpha value is 0.554. The molecule has 0 bridgehead atoms. The van der Waals surface area contributed by atoms with E-state index in [9.17, 15) is 0 Å². The summed E-state index contributed by atoms with van der Waals surface area (Å²) in [5.74, 6) is 0. The molecule has 0 aromatic heterocycles. The van der Waals surface area contributed by atoms with Gasteiger partial charge in [-0.1, -0.05) is 273 Å². The minimum absolute atomic E-state index is 0.886. The minimum atomic E-state index is -3.66. The molecule has 0 amide bonds. The van der Waals surface area contributed by atoms with E-state index >= 15 is 0 Å². The first-order valence-corrected chi connectivity index (χ1v) is 58.7. The average Bonchev–Trinajstić information content (AvgIpc) is 0.769. The molecule has 0 N–H and O–H groups in total. The fraction of sp³-hybridized carbons (Fsp3) is 1.00. The van der Waals surface area contributed by atoms with Gasteiger partial charge in [-0.3, -0.25) is 0 Å². The molecule has 0 aliphatic heterocycles. The number of nitrogens with zero attached hydrogens (tertiary/aromatic N) is 3. The maximum absolute atomic E-state index is 8.26. The molecule has 0 heterocycles. The van der Waals surface area contributed by atoms with Gasteiger partial charge in [-0.25, -0.2) is 0 Å². The molecule has 0 unspecified atom stereocenters. The molecule has 0 atom stereocenters. The zero-order chi connectivity index (χ0) is 82.8. The standard InChI is InChI=1S/3C36H74N.C2H5O.Ti/c3*1-3-5-7-9-11-13-15-17-19-21-23-25-27-29-31-33-35-37-36-34-32-30-28-26-24-22-20-18-16-14-12-10-8-6-4-2;1-2-3;/h3*3-36H2,1-2H3;2H2,1H3;/q4*-1;+4. The molecule has 0 aliphatic carbocycles. The van der Waals surface area contributed by atoms with Gasteiger partial charge in [-0.15, -0.1) is 0 Å². The molecule has 4 nitrogen and oxygen atoms in total. The Morgan fingerprint density at radius 3 is 0.270 bits per heavy atom. The Morgan fingerprint density at radius 1 is 0.113 bits per heavy atom. The predicted octanol–water partition coefficient (Wildman–Crippen LogP) is 40.3. The molecule has 692 valence electrons. The van der Waals surface area contributed by atoms with Crippen LogP contribution in [0, 0.1) is 0 Å². The predicted molar refractivity (Wildman–Crippen MR) is 524 cm³/mol. The first kappa shape index (κ1) is 116. The molecule has 0 radical (unpaired) electrons. The van der Waals surface area contributed by atoms with Crippen LogP contribution in [-0.4, -0.2) is 56.0 Å². The van der Waals surface area contributed by atoms with Crippen molar-refractivity contribution >= 4 is 0 Å². The van der Waals surface area contributed by atoms with E-state index in [1.54, 1.807) is 0 Å². The van der Waals surface area contributed by atoms with Gasteiger partial charge in [-0.05, 0) is 0 Å². The summed E-state index contributed by atoms with van der Waals surface area (Å²) in [4.78, 5) is 0. The van der Waals surface area contributed by atoms with Crippen LogP contribution in [-0.2, 0) is 21.1 Å². The van der Waals surface area contributed by atoms with Gasteiger partial charge in [0.25, 0.3) is 0 Å². The van der Waals surface area contributed by atoms with Crippen molar-refractivity contribution in [1.82, 2.24) is 10.1 Å². The SMILES string of the molecule is CCCCCCCCCCCCCCCCCC[N](CCCCCCCCCCCCCCCCCC)[Ti]([O]CC)([N](CCCCCCCCCCCCCCCCCC)CCCCCCCCCCCCCCCCCC)[N](CCCCCCCCCCCCCCCCCC)CCCCCCCCCCCCCCCCCC. The van der Waals surface area contributed by atoms with E-state index in [1.165, 1.54) is 656 Å². The van der Waals surface area contributed by atoms with E-state index < -0.39 is 17.7 Å². The van der Waals surface area contributed by atoms with Gasteiger partial charge < -0.3 is 0 Å². The summed E-state index contributed by atoms with van der Waals surface area (Å²) < 4.78 is 18.2. The molecule has 0 spiro atoms. The smallest absolute Gasteiger partial charge is 0.0654 e. The number of hydrogen-bond acceptors (Lipinski definition) is 4. The molecule has 0 aliphatic rings. The van der Waals surface area contributed by atoms with Crippen LogP contribution in [0.3, 0.4) is 0 Å². The minimum Gasteiger partial charge on any atom is -0.0654 e. The summed E-state index contributed by atoms with van der Waals surface area (Å²) in [6.45, 7) is 25.1. The van der Waals surface area contributed by atoms with Crippen molar-refractivity contribution in [1.29, 1.82) is 0 Å². The molecule has 5 heteroatoms. The van der Waals surface area contributed by atoms with Gasteiger partial charge in [0.2, 0.25) is 0 Å². The normalized spacial score (nSPS) is 12.2. The summed E-state index contributed by atoms with van der Waals surface area (Å²) in [6, 6.07) is 0. The second kappa shape index (κ2) is 103. The van der Waals surface area contributed by atoms with E-state index in [0.717, 1.165) is 6.61 Å². The first-order valence-electron chi connectivity index (χ1n) is 56.0. The van der Waals surface area contributed by atoms with Crippen LogP contribution < -0.4 is 0 Å². The summed E-state index contributed by atoms with van der Waals surface area (Å²) in [5.41, 5.74) is 0. The molecular formula is C110H227N3OTi. The Kier molecular flexibility index (Phi) is 104.